The molecule has 1 saturated heterocycles. The average Bonchev–Trinajstić information content (AvgIpc) is 3.11. The minimum absolute atomic E-state index is 0. The second kappa shape index (κ2) is 10.3. The lowest BCUT2D eigenvalue weighted by Crippen LogP contribution is -2.26. The summed E-state index contributed by atoms with van der Waals surface area (Å²) in [5.41, 5.74) is 3.16. The molecular weight excluding hydrogens is 357 g/mol. The first kappa shape index (κ1) is 21.3. The number of hydrogen-bond donors (Lipinski definition) is 2. The highest BCUT2D eigenvalue weighted by Gasteiger charge is 2.23. The molecule has 25 heavy (non-hydrogen) atoms. The molecule has 0 saturated carbocycles. The number of hydrogen-bond acceptors (Lipinski definition) is 3. The van der Waals surface area contributed by atoms with Crippen LogP contribution in [0.5, 0.6) is 0 Å². The van der Waals surface area contributed by atoms with Crippen LogP contribution in [0.3, 0.4) is 0 Å². The summed E-state index contributed by atoms with van der Waals surface area (Å²) in [5, 5.41) is 6.34. The Morgan fingerprint density at radius 1 is 1.12 bits per heavy atom. The first-order valence-corrected chi connectivity index (χ1v) is 8.10. The number of carbonyl (C=O) groups excluding carboxylic acids is 1. The van der Waals surface area contributed by atoms with E-state index >= 15 is 0 Å². The fourth-order valence-electron chi connectivity index (χ4n) is 2.97. The van der Waals surface area contributed by atoms with Gasteiger partial charge in [-0.05, 0) is 30.7 Å². The molecule has 2 aromatic rings. The molecule has 0 radical (unpaired) electrons. The molecule has 1 aliphatic heterocycles. The molecule has 1 heterocycles. The van der Waals surface area contributed by atoms with E-state index in [1.807, 2.05) is 42.5 Å². The van der Waals surface area contributed by atoms with Gasteiger partial charge in [-0.25, -0.2) is 0 Å². The van der Waals surface area contributed by atoms with Crippen molar-refractivity contribution in [2.24, 2.45) is 5.92 Å². The summed E-state index contributed by atoms with van der Waals surface area (Å²) in [4.78, 5) is 14.5. The molecule has 1 amide bonds. The summed E-state index contributed by atoms with van der Waals surface area (Å²) in [6, 6.07) is 18.3. The van der Waals surface area contributed by atoms with Crippen LogP contribution >= 0.6 is 24.8 Å². The normalized spacial score (nSPS) is 15.6. The zero-order valence-corrected chi connectivity index (χ0v) is 15.9. The Hall–Kier alpha value is -1.75. The van der Waals surface area contributed by atoms with Crippen molar-refractivity contribution in [1.82, 2.24) is 5.32 Å². The molecule has 2 N–H and O–H groups in total. The zero-order valence-electron chi connectivity index (χ0n) is 14.3. The Morgan fingerprint density at radius 2 is 1.80 bits per heavy atom. The van der Waals surface area contributed by atoms with Crippen molar-refractivity contribution in [2.45, 2.75) is 13.0 Å². The molecule has 136 valence electrons. The second-order valence-corrected chi connectivity index (χ2v) is 6.04. The maximum atomic E-state index is 12.4. The minimum Gasteiger partial charge on any atom is -0.369 e. The van der Waals surface area contributed by atoms with Crippen LogP contribution in [0, 0.1) is 5.92 Å². The van der Waals surface area contributed by atoms with Crippen molar-refractivity contribution in [2.75, 3.05) is 30.4 Å². The summed E-state index contributed by atoms with van der Waals surface area (Å²) in [6.45, 7) is 2.50. The van der Waals surface area contributed by atoms with E-state index in [-0.39, 0.29) is 36.6 Å². The van der Waals surface area contributed by atoms with Gasteiger partial charge in [-0.2, -0.15) is 0 Å². The number of halogens is 2. The smallest absolute Gasteiger partial charge is 0.228 e. The lowest BCUT2D eigenvalue weighted by molar-refractivity contribution is -0.119. The number of anilines is 2. The summed E-state index contributed by atoms with van der Waals surface area (Å²) in [5.74, 6) is 0.179. The first-order chi connectivity index (χ1) is 11.2. The molecule has 3 rings (SSSR count). The van der Waals surface area contributed by atoms with E-state index in [4.69, 9.17) is 0 Å². The third-order valence-electron chi connectivity index (χ3n) is 4.27. The fourth-order valence-corrected chi connectivity index (χ4v) is 2.97. The molecule has 4 nitrogen and oxygen atoms in total. The van der Waals surface area contributed by atoms with Crippen LogP contribution in [-0.4, -0.2) is 26.0 Å². The van der Waals surface area contributed by atoms with Crippen LogP contribution < -0.4 is 15.5 Å². The Bertz CT molecular complexity index is 661. The number of nitrogens with one attached hydrogen (secondary N) is 2. The van der Waals surface area contributed by atoms with E-state index in [2.05, 4.69) is 34.7 Å². The van der Waals surface area contributed by atoms with E-state index in [0.29, 0.717) is 0 Å². The third kappa shape index (κ3) is 5.63. The standard InChI is InChI=1S/C19H23N3O.2ClH/c1-22(14-15-7-3-2-4-8-15)18-10-6-5-9-17(18)21-19(23)16-11-12-20-13-16;;/h2-10,16,20H,11-14H2,1H3,(H,21,23);2*1H. The van der Waals surface area contributed by atoms with Crippen LogP contribution in [0.15, 0.2) is 54.6 Å². The number of benzene rings is 2. The van der Waals surface area contributed by atoms with Crippen LogP contribution in [0.1, 0.15) is 12.0 Å². The monoisotopic (exact) mass is 381 g/mol. The van der Waals surface area contributed by atoms with E-state index in [0.717, 1.165) is 37.4 Å². The van der Waals surface area contributed by atoms with Crippen molar-refractivity contribution >= 4 is 42.1 Å². The lowest BCUT2D eigenvalue weighted by Gasteiger charge is -2.23. The molecule has 1 fully saturated rings. The van der Waals surface area contributed by atoms with Crippen LogP contribution in [0.25, 0.3) is 0 Å². The number of carbonyl (C=O) groups is 1. The highest BCUT2D eigenvalue weighted by molar-refractivity contribution is 5.96. The molecule has 0 bridgehead atoms. The van der Waals surface area contributed by atoms with Crippen molar-refractivity contribution < 1.29 is 4.79 Å². The summed E-state index contributed by atoms with van der Waals surface area (Å²) >= 11 is 0. The largest absolute Gasteiger partial charge is 0.369 e. The van der Waals surface area contributed by atoms with Gasteiger partial charge in [-0.15, -0.1) is 24.8 Å². The maximum Gasteiger partial charge on any atom is 0.228 e. The SMILES string of the molecule is CN(Cc1ccccc1)c1ccccc1NC(=O)C1CCNC1.Cl.Cl. The van der Waals surface area contributed by atoms with Gasteiger partial charge in [0.1, 0.15) is 0 Å². The Morgan fingerprint density at radius 3 is 2.48 bits per heavy atom. The summed E-state index contributed by atoms with van der Waals surface area (Å²) in [7, 11) is 2.05. The van der Waals surface area contributed by atoms with Crippen molar-refractivity contribution in [3.05, 3.63) is 60.2 Å². The quantitative estimate of drug-likeness (QED) is 0.829. The van der Waals surface area contributed by atoms with E-state index < -0.39 is 0 Å². The first-order valence-electron chi connectivity index (χ1n) is 8.10. The van der Waals surface area contributed by atoms with E-state index in [1.54, 1.807) is 0 Å². The topological polar surface area (TPSA) is 44.4 Å². The predicted octanol–water partition coefficient (Wildman–Crippen LogP) is 3.71. The molecular formula is C19H25Cl2N3O. The third-order valence-corrected chi connectivity index (χ3v) is 4.27. The Balaban J connectivity index is 0.00000156. The highest BCUT2D eigenvalue weighted by atomic mass is 35.5. The number of nitrogens with zero attached hydrogens (tertiary/aromatic N) is 1. The second-order valence-electron chi connectivity index (χ2n) is 6.04. The molecule has 1 unspecified atom stereocenters. The molecule has 1 atom stereocenters. The van der Waals surface area contributed by atoms with Gasteiger partial charge >= 0.3 is 0 Å². The molecule has 2 aromatic carbocycles. The van der Waals surface area contributed by atoms with E-state index in [1.165, 1.54) is 5.56 Å². The minimum atomic E-state index is 0. The predicted molar refractivity (Wildman–Crippen MR) is 109 cm³/mol. The van der Waals surface area contributed by atoms with Gasteiger partial charge in [-0.1, -0.05) is 42.5 Å². The molecule has 1 aliphatic rings. The fraction of sp³-hybridized carbons (Fsp3) is 0.316. The van der Waals surface area contributed by atoms with Crippen molar-refractivity contribution in [3.63, 3.8) is 0 Å². The van der Waals surface area contributed by atoms with E-state index in [9.17, 15) is 4.79 Å². The maximum absolute atomic E-state index is 12.4. The van der Waals surface area contributed by atoms with Gasteiger partial charge in [0.15, 0.2) is 0 Å². The van der Waals surface area contributed by atoms with Crippen molar-refractivity contribution in [3.8, 4) is 0 Å². The Labute approximate surface area is 161 Å². The van der Waals surface area contributed by atoms with Gasteiger partial charge in [0.05, 0.1) is 17.3 Å². The summed E-state index contributed by atoms with van der Waals surface area (Å²) in [6.07, 6.45) is 0.911. The molecule has 0 spiro atoms. The molecule has 6 heteroatoms. The van der Waals surface area contributed by atoms with Gasteiger partial charge in [0.25, 0.3) is 0 Å². The zero-order chi connectivity index (χ0) is 16.1. The number of amides is 1. The van der Waals surface area contributed by atoms with Gasteiger partial charge < -0.3 is 15.5 Å². The highest BCUT2D eigenvalue weighted by Crippen LogP contribution is 2.26. The molecule has 0 aromatic heterocycles. The van der Waals surface area contributed by atoms with Gasteiger partial charge in [-0.3, -0.25) is 4.79 Å². The molecule has 0 aliphatic carbocycles. The lowest BCUT2D eigenvalue weighted by atomic mass is 10.1. The van der Waals surface area contributed by atoms with Gasteiger partial charge in [0, 0.05) is 20.1 Å². The summed E-state index contributed by atoms with van der Waals surface area (Å²) < 4.78 is 0. The van der Waals surface area contributed by atoms with Crippen LogP contribution in [-0.2, 0) is 11.3 Å². The number of rotatable bonds is 5. The number of para-hydroxylation sites is 2. The van der Waals surface area contributed by atoms with Crippen LogP contribution in [0.4, 0.5) is 11.4 Å². The average molecular weight is 382 g/mol. The van der Waals surface area contributed by atoms with Gasteiger partial charge in [0.2, 0.25) is 5.91 Å². The Kier molecular flexibility index (Phi) is 8.76. The van der Waals surface area contributed by atoms with Crippen molar-refractivity contribution in [1.29, 1.82) is 0 Å². The van der Waals surface area contributed by atoms with Crippen LogP contribution in [0.2, 0.25) is 0 Å².